The van der Waals surface area contributed by atoms with Crippen LogP contribution in [0.5, 0.6) is 0 Å². The van der Waals surface area contributed by atoms with Crippen molar-refractivity contribution in [3.63, 3.8) is 0 Å². The van der Waals surface area contributed by atoms with Crippen molar-refractivity contribution in [3.05, 3.63) is 41.0 Å². The first-order valence-corrected chi connectivity index (χ1v) is 6.32. The van der Waals surface area contributed by atoms with Gasteiger partial charge >= 0.3 is 6.03 Å². The van der Waals surface area contributed by atoms with Crippen LogP contribution in [-0.4, -0.2) is 30.0 Å². The van der Waals surface area contributed by atoms with Gasteiger partial charge in [-0.3, -0.25) is 4.79 Å². The van der Waals surface area contributed by atoms with Gasteiger partial charge in [0.05, 0.1) is 11.1 Å². The molecule has 3 amide bonds. The Kier molecular flexibility index (Phi) is 4.37. The van der Waals surface area contributed by atoms with Gasteiger partial charge in [-0.1, -0.05) is 29.8 Å². The number of nitrogens with one attached hydrogen (secondary N) is 2. The molecule has 7 heteroatoms. The van der Waals surface area contributed by atoms with Crippen molar-refractivity contribution in [2.75, 3.05) is 13.1 Å². The number of rotatable bonds is 4. The second kappa shape index (κ2) is 6.21. The molecule has 0 aliphatic heterocycles. The minimum absolute atomic E-state index is 0.254. The number of urea groups is 1. The summed E-state index contributed by atoms with van der Waals surface area (Å²) < 4.78 is 0. The van der Waals surface area contributed by atoms with Gasteiger partial charge in [-0.2, -0.15) is 0 Å². The number of amides is 3. The highest BCUT2D eigenvalue weighted by Crippen LogP contribution is 2.20. The van der Waals surface area contributed by atoms with Crippen LogP contribution >= 0.6 is 11.6 Å². The number of pyridine rings is 1. The Morgan fingerprint density at radius 1 is 1.20 bits per heavy atom. The maximum atomic E-state index is 12.1. The van der Waals surface area contributed by atoms with Gasteiger partial charge in [0.2, 0.25) is 0 Å². The van der Waals surface area contributed by atoms with Crippen molar-refractivity contribution < 1.29 is 9.59 Å². The van der Waals surface area contributed by atoms with E-state index in [-0.39, 0.29) is 24.1 Å². The van der Waals surface area contributed by atoms with Crippen LogP contribution in [0, 0.1) is 0 Å². The fourth-order valence-electron chi connectivity index (χ4n) is 1.79. The number of para-hydroxylation sites is 1. The fraction of sp³-hybridized carbons (Fsp3) is 0.154. The third kappa shape index (κ3) is 3.36. The number of primary amides is 1. The van der Waals surface area contributed by atoms with E-state index in [0.717, 1.165) is 5.39 Å². The predicted molar refractivity (Wildman–Crippen MR) is 76.7 cm³/mol. The SMILES string of the molecule is NC(=O)NCCNC(=O)c1cc(Cl)nc2ccccc12. The molecule has 0 radical (unpaired) electrons. The largest absolute Gasteiger partial charge is 0.352 e. The molecule has 0 aliphatic carbocycles. The van der Waals surface area contributed by atoms with E-state index >= 15 is 0 Å². The van der Waals surface area contributed by atoms with Gasteiger partial charge < -0.3 is 16.4 Å². The van der Waals surface area contributed by atoms with Gasteiger partial charge in [0, 0.05) is 18.5 Å². The van der Waals surface area contributed by atoms with E-state index in [9.17, 15) is 9.59 Å². The zero-order valence-corrected chi connectivity index (χ0v) is 11.3. The molecule has 0 spiro atoms. The van der Waals surface area contributed by atoms with Gasteiger partial charge in [-0.25, -0.2) is 9.78 Å². The van der Waals surface area contributed by atoms with Crippen LogP contribution in [0.2, 0.25) is 5.15 Å². The first kappa shape index (κ1) is 14.1. The Morgan fingerprint density at radius 2 is 1.90 bits per heavy atom. The predicted octanol–water partition coefficient (Wildman–Crippen LogP) is 1.29. The lowest BCUT2D eigenvalue weighted by atomic mass is 10.1. The second-order valence-corrected chi connectivity index (χ2v) is 4.44. The number of hydrogen-bond donors (Lipinski definition) is 3. The first-order chi connectivity index (χ1) is 9.58. The summed E-state index contributed by atoms with van der Waals surface area (Å²) in [5, 5.41) is 6.04. The second-order valence-electron chi connectivity index (χ2n) is 4.06. The molecule has 0 saturated heterocycles. The molecule has 0 aliphatic rings. The molecule has 20 heavy (non-hydrogen) atoms. The van der Waals surface area contributed by atoms with E-state index in [0.29, 0.717) is 11.1 Å². The van der Waals surface area contributed by atoms with E-state index in [4.69, 9.17) is 17.3 Å². The highest BCUT2D eigenvalue weighted by molar-refractivity contribution is 6.30. The van der Waals surface area contributed by atoms with Crippen LogP contribution in [0.25, 0.3) is 10.9 Å². The summed E-state index contributed by atoms with van der Waals surface area (Å²) >= 11 is 5.91. The van der Waals surface area contributed by atoms with Crippen LogP contribution in [0.1, 0.15) is 10.4 Å². The van der Waals surface area contributed by atoms with Crippen LogP contribution in [-0.2, 0) is 0 Å². The van der Waals surface area contributed by atoms with Crippen LogP contribution in [0.3, 0.4) is 0 Å². The average molecular weight is 293 g/mol. The molecule has 2 rings (SSSR count). The minimum atomic E-state index is -0.628. The number of halogens is 1. The third-order valence-corrected chi connectivity index (χ3v) is 2.83. The molecule has 1 aromatic carbocycles. The van der Waals surface area contributed by atoms with E-state index in [2.05, 4.69) is 15.6 Å². The number of nitrogens with zero attached hydrogens (tertiary/aromatic N) is 1. The van der Waals surface area contributed by atoms with Crippen molar-refractivity contribution in [2.24, 2.45) is 5.73 Å². The Balaban J connectivity index is 2.15. The number of carbonyl (C=O) groups excluding carboxylic acids is 2. The maximum absolute atomic E-state index is 12.1. The summed E-state index contributed by atoms with van der Waals surface area (Å²) in [5.41, 5.74) is 6.02. The number of fused-ring (bicyclic) bond motifs is 1. The molecule has 1 heterocycles. The number of hydrogen-bond acceptors (Lipinski definition) is 3. The molecular weight excluding hydrogens is 280 g/mol. The lowest BCUT2D eigenvalue weighted by Crippen LogP contribution is -2.37. The highest BCUT2D eigenvalue weighted by Gasteiger charge is 2.11. The number of nitrogens with two attached hydrogens (primary N) is 1. The number of aromatic nitrogens is 1. The number of carbonyl (C=O) groups is 2. The molecular formula is C13H13ClN4O2. The molecule has 0 atom stereocenters. The minimum Gasteiger partial charge on any atom is -0.352 e. The average Bonchev–Trinajstić information content (AvgIpc) is 2.42. The standard InChI is InChI=1S/C13H13ClN4O2/c14-11-7-9(8-3-1-2-4-10(8)18-11)12(19)16-5-6-17-13(15)20/h1-4,7H,5-6H2,(H,16,19)(H3,15,17,20). The van der Waals surface area contributed by atoms with Crippen LogP contribution < -0.4 is 16.4 Å². The summed E-state index contributed by atoms with van der Waals surface area (Å²) in [5.74, 6) is -0.281. The normalized spacial score (nSPS) is 10.2. The molecule has 6 nitrogen and oxygen atoms in total. The van der Waals surface area contributed by atoms with Gasteiger partial charge in [-0.05, 0) is 12.1 Å². The fourth-order valence-corrected chi connectivity index (χ4v) is 1.99. The van der Waals surface area contributed by atoms with Crippen molar-refractivity contribution >= 4 is 34.4 Å². The molecule has 4 N–H and O–H groups in total. The van der Waals surface area contributed by atoms with Crippen molar-refractivity contribution in [1.29, 1.82) is 0 Å². The highest BCUT2D eigenvalue weighted by atomic mass is 35.5. The van der Waals surface area contributed by atoms with Crippen LogP contribution in [0.4, 0.5) is 4.79 Å². The monoisotopic (exact) mass is 292 g/mol. The smallest absolute Gasteiger partial charge is 0.312 e. The van der Waals surface area contributed by atoms with E-state index in [1.54, 1.807) is 12.1 Å². The van der Waals surface area contributed by atoms with Gasteiger partial charge in [0.1, 0.15) is 5.15 Å². The Hall–Kier alpha value is -2.34. The van der Waals surface area contributed by atoms with Crippen molar-refractivity contribution in [2.45, 2.75) is 0 Å². The van der Waals surface area contributed by atoms with E-state index < -0.39 is 6.03 Å². The summed E-state index contributed by atoms with van der Waals surface area (Å²) in [6.45, 7) is 0.536. The van der Waals surface area contributed by atoms with E-state index in [1.807, 2.05) is 12.1 Å². The van der Waals surface area contributed by atoms with Gasteiger partial charge in [0.25, 0.3) is 5.91 Å². The Bertz CT molecular complexity index is 660. The lowest BCUT2D eigenvalue weighted by molar-refractivity contribution is 0.0955. The summed E-state index contributed by atoms with van der Waals surface area (Å²) in [4.78, 5) is 26.8. The quantitative estimate of drug-likeness (QED) is 0.585. The summed E-state index contributed by atoms with van der Waals surface area (Å²) in [6, 6.07) is 8.12. The molecule has 104 valence electrons. The molecule has 0 saturated carbocycles. The zero-order valence-electron chi connectivity index (χ0n) is 10.5. The topological polar surface area (TPSA) is 97.1 Å². The molecule has 0 fully saturated rings. The lowest BCUT2D eigenvalue weighted by Gasteiger charge is -2.08. The zero-order chi connectivity index (χ0) is 14.5. The van der Waals surface area contributed by atoms with Crippen molar-refractivity contribution in [1.82, 2.24) is 15.6 Å². The molecule has 2 aromatic rings. The van der Waals surface area contributed by atoms with Crippen LogP contribution in [0.15, 0.2) is 30.3 Å². The van der Waals surface area contributed by atoms with E-state index in [1.165, 1.54) is 6.07 Å². The third-order valence-electron chi connectivity index (χ3n) is 2.64. The molecule has 0 unspecified atom stereocenters. The molecule has 1 aromatic heterocycles. The first-order valence-electron chi connectivity index (χ1n) is 5.94. The van der Waals surface area contributed by atoms with Gasteiger partial charge in [0.15, 0.2) is 0 Å². The van der Waals surface area contributed by atoms with Gasteiger partial charge in [-0.15, -0.1) is 0 Å². The van der Waals surface area contributed by atoms with Crippen molar-refractivity contribution in [3.8, 4) is 0 Å². The summed E-state index contributed by atoms with van der Waals surface area (Å²) in [6.07, 6.45) is 0. The Labute approximate surface area is 120 Å². The maximum Gasteiger partial charge on any atom is 0.312 e. The number of benzene rings is 1. The molecule has 0 bridgehead atoms. The summed E-state index contributed by atoms with van der Waals surface area (Å²) in [7, 11) is 0. The Morgan fingerprint density at radius 3 is 2.65 bits per heavy atom.